The maximum atomic E-state index is 13.4. The minimum absolute atomic E-state index is 0.175. The molecule has 166 valence electrons. The van der Waals surface area contributed by atoms with Crippen molar-refractivity contribution < 1.29 is 49.1 Å². The fraction of sp³-hybridized carbons (Fsp3) is 0.286. The first-order valence-electron chi connectivity index (χ1n) is 9.43. The summed E-state index contributed by atoms with van der Waals surface area (Å²) in [6.45, 7) is 0.987. The lowest BCUT2D eigenvalue weighted by atomic mass is 9.57. The van der Waals surface area contributed by atoms with Crippen LogP contribution in [0, 0.1) is 11.8 Å². The molecule has 0 bridgehead atoms. The van der Waals surface area contributed by atoms with Crippen LogP contribution in [0.4, 0.5) is 0 Å². The lowest BCUT2D eigenvalue weighted by Gasteiger charge is -2.49. The predicted octanol–water partition coefficient (Wildman–Crippen LogP) is -0.394. The molecule has 1 saturated carbocycles. The Morgan fingerprint density at radius 3 is 2.41 bits per heavy atom. The van der Waals surface area contributed by atoms with Gasteiger partial charge in [0.1, 0.15) is 28.9 Å². The molecule has 3 aliphatic carbocycles. The summed E-state index contributed by atoms with van der Waals surface area (Å²) in [6, 6.07) is 3.75. The second kappa shape index (κ2) is 6.76. The van der Waals surface area contributed by atoms with Gasteiger partial charge in [-0.25, -0.2) is 0 Å². The number of phenols is 1. The van der Waals surface area contributed by atoms with Crippen LogP contribution in [0.1, 0.15) is 29.3 Å². The van der Waals surface area contributed by atoms with Crippen molar-refractivity contribution in [1.82, 2.24) is 0 Å². The standard InChI is InChI=1S/C21H17NO10/c1-6(23)32-17-8-5-10(25)12(20(22)30)18(28)21(8,31)19(29)14-13(17)15(26)7-3-2-4-9(24)11(7)16(14)27/h2-4,8,13,17,24,27-28,31H,5H2,1H3,(H2,22,30)/t8-,13+,17-,21-/m1/s1. The van der Waals surface area contributed by atoms with E-state index in [0.717, 1.165) is 13.0 Å². The second-order valence-corrected chi connectivity index (χ2v) is 7.80. The molecule has 0 aromatic heterocycles. The van der Waals surface area contributed by atoms with Crippen molar-refractivity contribution >= 4 is 35.0 Å². The zero-order valence-corrected chi connectivity index (χ0v) is 16.5. The van der Waals surface area contributed by atoms with Gasteiger partial charge in [0.15, 0.2) is 17.2 Å². The molecule has 0 aliphatic heterocycles. The molecule has 3 aliphatic rings. The van der Waals surface area contributed by atoms with Gasteiger partial charge in [0.2, 0.25) is 5.78 Å². The molecule has 0 radical (unpaired) electrons. The molecular weight excluding hydrogens is 426 g/mol. The van der Waals surface area contributed by atoms with E-state index in [9.17, 15) is 44.4 Å². The summed E-state index contributed by atoms with van der Waals surface area (Å²) in [5.74, 6) is -11.6. The molecule has 1 amide bonds. The average Bonchev–Trinajstić information content (AvgIpc) is 2.70. The topological polar surface area (TPSA) is 202 Å². The number of rotatable bonds is 2. The summed E-state index contributed by atoms with van der Waals surface area (Å²) in [7, 11) is 0. The van der Waals surface area contributed by atoms with E-state index in [4.69, 9.17) is 10.5 Å². The van der Waals surface area contributed by atoms with E-state index in [2.05, 4.69) is 0 Å². The molecule has 6 N–H and O–H groups in total. The van der Waals surface area contributed by atoms with Crippen LogP contribution in [0.3, 0.4) is 0 Å². The van der Waals surface area contributed by atoms with Gasteiger partial charge in [-0.05, 0) is 6.07 Å². The van der Waals surface area contributed by atoms with Crippen LogP contribution in [0.5, 0.6) is 5.75 Å². The zero-order chi connectivity index (χ0) is 23.7. The molecule has 1 aromatic carbocycles. The lowest BCUT2D eigenvalue weighted by Crippen LogP contribution is -2.65. The van der Waals surface area contributed by atoms with E-state index in [1.165, 1.54) is 12.1 Å². The quantitative estimate of drug-likeness (QED) is 0.296. The van der Waals surface area contributed by atoms with Crippen molar-refractivity contribution in [2.45, 2.75) is 25.0 Å². The molecule has 0 unspecified atom stereocenters. The van der Waals surface area contributed by atoms with Crippen LogP contribution in [-0.2, 0) is 23.9 Å². The van der Waals surface area contributed by atoms with Crippen LogP contribution in [0.25, 0.3) is 5.76 Å². The molecule has 1 fully saturated rings. The summed E-state index contributed by atoms with van der Waals surface area (Å²) >= 11 is 0. The number of carbonyl (C=O) groups is 5. The number of amides is 1. The number of Topliss-reactive ketones (excluding diaryl/α,β-unsaturated/α-hetero) is 3. The molecule has 4 atom stereocenters. The number of aliphatic hydroxyl groups excluding tert-OH is 2. The Balaban J connectivity index is 2.07. The van der Waals surface area contributed by atoms with Gasteiger partial charge in [0.25, 0.3) is 5.91 Å². The van der Waals surface area contributed by atoms with Gasteiger partial charge in [-0.15, -0.1) is 0 Å². The number of benzene rings is 1. The Bertz CT molecular complexity index is 1210. The zero-order valence-electron chi connectivity index (χ0n) is 16.5. The van der Waals surface area contributed by atoms with E-state index < -0.39 is 87.6 Å². The summed E-state index contributed by atoms with van der Waals surface area (Å²) in [6.07, 6.45) is -2.43. The minimum atomic E-state index is -3.00. The third-order valence-electron chi connectivity index (χ3n) is 6.08. The largest absolute Gasteiger partial charge is 0.508 e. The Morgan fingerprint density at radius 1 is 1.16 bits per heavy atom. The van der Waals surface area contributed by atoms with Crippen molar-refractivity contribution in [2.24, 2.45) is 17.6 Å². The fourth-order valence-corrected chi connectivity index (χ4v) is 4.75. The number of esters is 1. The summed E-state index contributed by atoms with van der Waals surface area (Å²) in [5, 5.41) is 42.9. The van der Waals surface area contributed by atoms with Crippen molar-refractivity contribution in [1.29, 1.82) is 0 Å². The van der Waals surface area contributed by atoms with E-state index in [1.54, 1.807) is 0 Å². The number of nitrogens with two attached hydrogens (primary N) is 1. The maximum absolute atomic E-state index is 13.4. The van der Waals surface area contributed by atoms with Gasteiger partial charge in [-0.3, -0.25) is 24.0 Å². The molecule has 1 aromatic rings. The lowest BCUT2D eigenvalue weighted by molar-refractivity contribution is -0.173. The Kier molecular flexibility index (Phi) is 4.49. The first-order valence-corrected chi connectivity index (χ1v) is 9.43. The molecule has 0 saturated heterocycles. The number of carbonyl (C=O) groups excluding carboxylic acids is 5. The second-order valence-electron chi connectivity index (χ2n) is 7.80. The summed E-state index contributed by atoms with van der Waals surface area (Å²) < 4.78 is 5.22. The summed E-state index contributed by atoms with van der Waals surface area (Å²) in [5.41, 5.74) is -0.186. The van der Waals surface area contributed by atoms with Crippen molar-refractivity contribution in [2.75, 3.05) is 0 Å². The third kappa shape index (κ3) is 2.54. The Hall–Kier alpha value is -3.99. The number of ether oxygens (including phenoxy) is 1. The van der Waals surface area contributed by atoms with Crippen molar-refractivity contribution in [3.05, 3.63) is 46.2 Å². The molecule has 0 heterocycles. The maximum Gasteiger partial charge on any atom is 0.302 e. The highest BCUT2D eigenvalue weighted by Gasteiger charge is 2.66. The third-order valence-corrected chi connectivity index (χ3v) is 6.08. The average molecular weight is 443 g/mol. The molecular formula is C21H17NO10. The number of primary amides is 1. The van der Waals surface area contributed by atoms with Crippen LogP contribution in [-0.4, -0.2) is 61.4 Å². The normalized spacial score (nSPS) is 29.3. The monoisotopic (exact) mass is 443 g/mol. The first-order chi connectivity index (χ1) is 14.9. The van der Waals surface area contributed by atoms with Gasteiger partial charge in [-0.1, -0.05) is 12.1 Å². The predicted molar refractivity (Wildman–Crippen MR) is 103 cm³/mol. The van der Waals surface area contributed by atoms with Crippen LogP contribution >= 0.6 is 0 Å². The number of fused-ring (bicyclic) bond motifs is 3. The van der Waals surface area contributed by atoms with Gasteiger partial charge in [0.05, 0.1) is 17.1 Å². The van der Waals surface area contributed by atoms with E-state index in [-0.39, 0.29) is 11.1 Å². The Morgan fingerprint density at radius 2 is 1.81 bits per heavy atom. The molecule has 0 spiro atoms. The van der Waals surface area contributed by atoms with E-state index in [1.807, 2.05) is 0 Å². The van der Waals surface area contributed by atoms with E-state index >= 15 is 0 Å². The van der Waals surface area contributed by atoms with Crippen molar-refractivity contribution in [3.8, 4) is 5.75 Å². The van der Waals surface area contributed by atoms with E-state index in [0.29, 0.717) is 0 Å². The van der Waals surface area contributed by atoms with Crippen LogP contribution in [0.15, 0.2) is 35.1 Å². The number of phenolic OH excluding ortho intramolecular Hbond substituents is 1. The minimum Gasteiger partial charge on any atom is -0.508 e. The number of aliphatic hydroxyl groups is 3. The SMILES string of the molecule is CC(=O)O[C@H]1[C@@H]2C(=O)c3cccc(O)c3C(O)=C2C(=O)[C@]2(O)C(O)=C(C(N)=O)C(=O)C[C@H]12. The highest BCUT2D eigenvalue weighted by atomic mass is 16.5. The van der Waals surface area contributed by atoms with Crippen LogP contribution in [0.2, 0.25) is 0 Å². The fourth-order valence-electron chi connectivity index (χ4n) is 4.75. The molecule has 4 rings (SSSR count). The highest BCUT2D eigenvalue weighted by Crippen LogP contribution is 2.52. The van der Waals surface area contributed by atoms with Gasteiger partial charge in [0, 0.05) is 24.8 Å². The van der Waals surface area contributed by atoms with Gasteiger partial charge < -0.3 is 30.9 Å². The smallest absolute Gasteiger partial charge is 0.302 e. The van der Waals surface area contributed by atoms with Crippen LogP contribution < -0.4 is 5.73 Å². The molecule has 32 heavy (non-hydrogen) atoms. The highest BCUT2D eigenvalue weighted by molar-refractivity contribution is 6.25. The first kappa shape index (κ1) is 21.2. The Labute approximate surface area is 179 Å². The number of aromatic hydroxyl groups is 1. The number of ketones is 3. The van der Waals surface area contributed by atoms with Gasteiger partial charge in [-0.2, -0.15) is 0 Å². The number of hydrogen-bond acceptors (Lipinski definition) is 10. The number of hydrogen-bond donors (Lipinski definition) is 5. The molecule has 11 heteroatoms. The van der Waals surface area contributed by atoms with Gasteiger partial charge >= 0.3 is 5.97 Å². The summed E-state index contributed by atoms with van der Waals surface area (Å²) in [4.78, 5) is 62.7. The van der Waals surface area contributed by atoms with Crippen molar-refractivity contribution in [3.63, 3.8) is 0 Å². The molecule has 11 nitrogen and oxygen atoms in total.